The molecule has 114 valence electrons. The van der Waals surface area contributed by atoms with E-state index in [1.165, 1.54) is 5.56 Å². The minimum absolute atomic E-state index is 0.00124. The Morgan fingerprint density at radius 2 is 2.05 bits per heavy atom. The fourth-order valence-corrected chi connectivity index (χ4v) is 5.15. The molecule has 5 heteroatoms. The van der Waals surface area contributed by atoms with Crippen LogP contribution in [0.2, 0.25) is 0 Å². The summed E-state index contributed by atoms with van der Waals surface area (Å²) in [5.41, 5.74) is 2.36. The third kappa shape index (κ3) is 3.52. The minimum atomic E-state index is -2.91. The summed E-state index contributed by atoms with van der Waals surface area (Å²) >= 11 is 0. The maximum Gasteiger partial charge on any atom is 0.150 e. The summed E-state index contributed by atoms with van der Waals surface area (Å²) < 4.78 is 28.6. The molecule has 0 saturated carbocycles. The largest absolute Gasteiger partial charge is 0.373 e. The number of rotatable bonds is 4. The van der Waals surface area contributed by atoms with E-state index in [2.05, 4.69) is 6.07 Å². The first-order valence-electron chi connectivity index (χ1n) is 7.45. The van der Waals surface area contributed by atoms with E-state index in [1.807, 2.05) is 18.2 Å². The molecule has 2 aliphatic heterocycles. The van der Waals surface area contributed by atoms with Crippen molar-refractivity contribution in [2.75, 3.05) is 18.1 Å². The summed E-state index contributed by atoms with van der Waals surface area (Å²) in [6.07, 6.45) is 2.06. The fraction of sp³-hybridized carbons (Fsp3) is 0.562. The Bertz CT molecular complexity index is 635. The van der Waals surface area contributed by atoms with Crippen LogP contribution in [0.3, 0.4) is 0 Å². The average Bonchev–Trinajstić information content (AvgIpc) is 2.78. The molecule has 0 aliphatic carbocycles. The third-order valence-corrected chi connectivity index (χ3v) is 6.19. The lowest BCUT2D eigenvalue weighted by Gasteiger charge is -2.25. The van der Waals surface area contributed by atoms with E-state index in [4.69, 9.17) is 4.74 Å². The van der Waals surface area contributed by atoms with Crippen LogP contribution in [0.1, 0.15) is 36.5 Å². The molecular weight excluding hydrogens is 288 g/mol. The lowest BCUT2D eigenvalue weighted by Crippen LogP contribution is -2.20. The quantitative estimate of drug-likeness (QED) is 0.854. The molecule has 0 N–H and O–H groups in total. The summed E-state index contributed by atoms with van der Waals surface area (Å²) in [5, 5.41) is 0. The summed E-state index contributed by atoms with van der Waals surface area (Å²) in [7, 11) is -2.91. The maximum atomic E-state index is 12.2. The highest BCUT2D eigenvalue weighted by molar-refractivity contribution is 7.91. The Balaban J connectivity index is 1.61. The number of ketones is 1. The van der Waals surface area contributed by atoms with Crippen LogP contribution < -0.4 is 0 Å². The Labute approximate surface area is 125 Å². The molecule has 2 unspecified atom stereocenters. The van der Waals surface area contributed by atoms with Crippen molar-refractivity contribution >= 4 is 15.6 Å². The van der Waals surface area contributed by atoms with Gasteiger partial charge in [-0.2, -0.15) is 0 Å². The van der Waals surface area contributed by atoms with Gasteiger partial charge in [0.25, 0.3) is 0 Å². The van der Waals surface area contributed by atoms with Gasteiger partial charge in [0.15, 0.2) is 9.84 Å². The van der Waals surface area contributed by atoms with Crippen molar-refractivity contribution in [2.45, 2.75) is 31.8 Å². The predicted molar refractivity (Wildman–Crippen MR) is 79.8 cm³/mol. The second-order valence-corrected chi connectivity index (χ2v) is 8.25. The molecule has 1 saturated heterocycles. The van der Waals surface area contributed by atoms with E-state index >= 15 is 0 Å². The molecule has 1 aromatic rings. The molecule has 0 aromatic heterocycles. The molecule has 0 amide bonds. The Hall–Kier alpha value is -1.20. The Kier molecular flexibility index (Phi) is 4.13. The number of hydrogen-bond donors (Lipinski definition) is 0. The molecule has 3 rings (SSSR count). The normalized spacial score (nSPS) is 27.2. The number of ether oxygens (including phenoxy) is 1. The molecule has 4 nitrogen and oxygen atoms in total. The average molecular weight is 308 g/mol. The molecule has 2 aliphatic rings. The fourth-order valence-electron chi connectivity index (χ4n) is 3.29. The van der Waals surface area contributed by atoms with Gasteiger partial charge in [0.1, 0.15) is 5.78 Å². The third-order valence-electron chi connectivity index (χ3n) is 4.35. The van der Waals surface area contributed by atoms with Crippen molar-refractivity contribution in [3.63, 3.8) is 0 Å². The van der Waals surface area contributed by atoms with Gasteiger partial charge < -0.3 is 4.74 Å². The van der Waals surface area contributed by atoms with Crippen LogP contribution in [0.4, 0.5) is 0 Å². The van der Waals surface area contributed by atoms with E-state index in [9.17, 15) is 13.2 Å². The van der Waals surface area contributed by atoms with Gasteiger partial charge in [0.05, 0.1) is 24.2 Å². The molecular formula is C16H20O4S. The summed E-state index contributed by atoms with van der Waals surface area (Å²) in [6.45, 7) is 0.646. The van der Waals surface area contributed by atoms with Gasteiger partial charge in [-0.15, -0.1) is 0 Å². The first-order valence-corrected chi connectivity index (χ1v) is 9.27. The number of sulfone groups is 1. The lowest BCUT2D eigenvalue weighted by molar-refractivity contribution is -0.123. The standard InChI is InChI=1S/C16H20O4S/c17-14(9-12-6-8-21(18,19)11-12)10-16-15-4-2-1-3-13(15)5-7-20-16/h1-4,12,16H,5-11H2. The van der Waals surface area contributed by atoms with Crippen molar-refractivity contribution in [1.29, 1.82) is 0 Å². The zero-order chi connectivity index (χ0) is 14.9. The summed E-state index contributed by atoms with van der Waals surface area (Å²) in [6, 6.07) is 8.08. The molecule has 1 aromatic carbocycles. The van der Waals surface area contributed by atoms with Crippen LogP contribution in [-0.4, -0.2) is 32.3 Å². The van der Waals surface area contributed by atoms with Crippen LogP contribution in [0.25, 0.3) is 0 Å². The first-order chi connectivity index (χ1) is 10.0. The first kappa shape index (κ1) is 14.7. The Morgan fingerprint density at radius 3 is 2.81 bits per heavy atom. The number of carbonyl (C=O) groups excluding carboxylic acids is 1. The minimum Gasteiger partial charge on any atom is -0.373 e. The van der Waals surface area contributed by atoms with Crippen molar-refractivity contribution < 1.29 is 17.9 Å². The van der Waals surface area contributed by atoms with Gasteiger partial charge in [0, 0.05) is 12.8 Å². The topological polar surface area (TPSA) is 60.4 Å². The van der Waals surface area contributed by atoms with Gasteiger partial charge in [-0.05, 0) is 29.9 Å². The Morgan fingerprint density at radius 1 is 1.24 bits per heavy atom. The van der Waals surface area contributed by atoms with Crippen molar-refractivity contribution in [1.82, 2.24) is 0 Å². The van der Waals surface area contributed by atoms with E-state index in [-0.39, 0.29) is 29.3 Å². The van der Waals surface area contributed by atoms with E-state index in [1.54, 1.807) is 0 Å². The van der Waals surface area contributed by atoms with E-state index < -0.39 is 9.84 Å². The number of Topliss-reactive ketones (excluding diaryl/α,β-unsaturated/α-hetero) is 1. The second kappa shape index (κ2) is 5.89. The van der Waals surface area contributed by atoms with Gasteiger partial charge >= 0.3 is 0 Å². The molecule has 0 bridgehead atoms. The van der Waals surface area contributed by atoms with Crippen LogP contribution in [-0.2, 0) is 25.8 Å². The second-order valence-electron chi connectivity index (χ2n) is 6.02. The van der Waals surface area contributed by atoms with E-state index in [0.29, 0.717) is 25.9 Å². The lowest BCUT2D eigenvalue weighted by atomic mass is 9.92. The molecule has 21 heavy (non-hydrogen) atoms. The van der Waals surface area contributed by atoms with Crippen LogP contribution in [0.15, 0.2) is 24.3 Å². The van der Waals surface area contributed by atoms with Gasteiger partial charge in [0.2, 0.25) is 0 Å². The monoisotopic (exact) mass is 308 g/mol. The van der Waals surface area contributed by atoms with Crippen molar-refractivity contribution in [2.24, 2.45) is 5.92 Å². The molecule has 1 fully saturated rings. The van der Waals surface area contributed by atoms with Crippen molar-refractivity contribution in [3.8, 4) is 0 Å². The number of benzene rings is 1. The highest BCUT2D eigenvalue weighted by atomic mass is 32.2. The van der Waals surface area contributed by atoms with Gasteiger partial charge in [-0.3, -0.25) is 4.79 Å². The maximum absolute atomic E-state index is 12.2. The summed E-state index contributed by atoms with van der Waals surface area (Å²) in [5.74, 6) is 0.509. The van der Waals surface area contributed by atoms with Gasteiger partial charge in [-0.1, -0.05) is 24.3 Å². The molecule has 0 spiro atoms. The van der Waals surface area contributed by atoms with Crippen LogP contribution >= 0.6 is 0 Å². The zero-order valence-corrected chi connectivity index (χ0v) is 12.8. The number of fused-ring (bicyclic) bond motifs is 1. The molecule has 2 atom stereocenters. The zero-order valence-electron chi connectivity index (χ0n) is 12.0. The van der Waals surface area contributed by atoms with Gasteiger partial charge in [-0.25, -0.2) is 8.42 Å². The highest BCUT2D eigenvalue weighted by Gasteiger charge is 2.30. The molecule has 2 heterocycles. The molecule has 0 radical (unpaired) electrons. The predicted octanol–water partition coefficient (Wildman–Crippen LogP) is 2.08. The summed E-state index contributed by atoms with van der Waals surface area (Å²) in [4.78, 5) is 12.2. The SMILES string of the molecule is O=C(CC1CCS(=O)(=O)C1)CC1OCCc2ccccc21. The smallest absolute Gasteiger partial charge is 0.150 e. The number of carbonyl (C=O) groups is 1. The van der Waals surface area contributed by atoms with Crippen molar-refractivity contribution in [3.05, 3.63) is 35.4 Å². The van der Waals surface area contributed by atoms with Crippen LogP contribution in [0, 0.1) is 5.92 Å². The van der Waals surface area contributed by atoms with Crippen LogP contribution in [0.5, 0.6) is 0 Å². The van der Waals surface area contributed by atoms with E-state index in [0.717, 1.165) is 12.0 Å². The highest BCUT2D eigenvalue weighted by Crippen LogP contribution is 2.31. The number of hydrogen-bond acceptors (Lipinski definition) is 4.